The molecule has 0 atom stereocenters. The highest BCUT2D eigenvalue weighted by molar-refractivity contribution is 7.80. The Morgan fingerprint density at radius 2 is 1.28 bits per heavy atom. The molecule has 0 N–H and O–H groups in total. The molecule has 2 rings (SSSR count). The molecule has 0 aliphatic heterocycles. The van der Waals surface area contributed by atoms with Crippen LogP contribution in [0.15, 0.2) is 48.5 Å². The minimum absolute atomic E-state index is 0.959. The van der Waals surface area contributed by atoms with Gasteiger partial charge in [0.2, 0.25) is 0 Å². The summed E-state index contributed by atoms with van der Waals surface area (Å²) in [6.07, 6.45) is 3.37. The van der Waals surface area contributed by atoms with E-state index in [1.54, 1.807) is 0 Å². The second-order valence-corrected chi connectivity index (χ2v) is 5.02. The highest BCUT2D eigenvalue weighted by Crippen LogP contribution is 2.21. The van der Waals surface area contributed by atoms with Gasteiger partial charge in [0.25, 0.3) is 0 Å². The molecule has 0 amide bonds. The largest absolute Gasteiger partial charge is 0.179 e. The third-order valence-electron chi connectivity index (χ3n) is 3.27. The number of aryl methyl sites for hydroxylation is 2. The van der Waals surface area contributed by atoms with Crippen LogP contribution >= 0.6 is 12.6 Å². The molecule has 18 heavy (non-hydrogen) atoms. The SMILES string of the molecule is CCc1ccc(-c2ccc(CCCS)cc2)cc1. The first kappa shape index (κ1) is 13.2. The Kier molecular flexibility index (Phi) is 4.89. The van der Waals surface area contributed by atoms with Crippen LogP contribution in [0.4, 0.5) is 0 Å². The monoisotopic (exact) mass is 256 g/mol. The Morgan fingerprint density at radius 1 is 0.778 bits per heavy atom. The van der Waals surface area contributed by atoms with Gasteiger partial charge in [0.05, 0.1) is 0 Å². The van der Waals surface area contributed by atoms with Crippen molar-refractivity contribution < 1.29 is 0 Å². The number of benzene rings is 2. The molecule has 0 saturated carbocycles. The van der Waals surface area contributed by atoms with Crippen molar-refractivity contribution in [3.63, 3.8) is 0 Å². The van der Waals surface area contributed by atoms with Crippen LogP contribution in [0.2, 0.25) is 0 Å². The average Bonchev–Trinajstić information content (AvgIpc) is 2.46. The van der Waals surface area contributed by atoms with Gasteiger partial charge in [0, 0.05) is 0 Å². The van der Waals surface area contributed by atoms with Crippen LogP contribution < -0.4 is 0 Å². The summed E-state index contributed by atoms with van der Waals surface area (Å²) in [5, 5.41) is 0. The normalized spacial score (nSPS) is 10.6. The van der Waals surface area contributed by atoms with Crippen LogP contribution in [0.1, 0.15) is 24.5 Å². The summed E-state index contributed by atoms with van der Waals surface area (Å²) in [7, 11) is 0. The first-order valence-electron chi connectivity index (χ1n) is 6.62. The summed E-state index contributed by atoms with van der Waals surface area (Å²) in [4.78, 5) is 0. The molecule has 0 nitrogen and oxygen atoms in total. The first-order valence-corrected chi connectivity index (χ1v) is 7.26. The number of rotatable bonds is 5. The molecule has 0 radical (unpaired) electrons. The first-order chi connectivity index (χ1) is 8.83. The van der Waals surface area contributed by atoms with Gasteiger partial charge in [-0.3, -0.25) is 0 Å². The Balaban J connectivity index is 2.12. The third kappa shape index (κ3) is 3.39. The van der Waals surface area contributed by atoms with E-state index in [1.807, 2.05) is 0 Å². The van der Waals surface area contributed by atoms with Crippen molar-refractivity contribution in [2.24, 2.45) is 0 Å². The number of hydrogen-bond acceptors (Lipinski definition) is 1. The molecule has 0 spiro atoms. The van der Waals surface area contributed by atoms with Gasteiger partial charge in [-0.05, 0) is 47.3 Å². The minimum atomic E-state index is 0.959. The van der Waals surface area contributed by atoms with E-state index in [-0.39, 0.29) is 0 Å². The van der Waals surface area contributed by atoms with Crippen LogP contribution in [-0.4, -0.2) is 5.75 Å². The van der Waals surface area contributed by atoms with Crippen molar-refractivity contribution in [1.82, 2.24) is 0 Å². The molecule has 0 saturated heterocycles. The van der Waals surface area contributed by atoms with Crippen molar-refractivity contribution in [2.75, 3.05) is 5.75 Å². The zero-order chi connectivity index (χ0) is 12.8. The molecule has 94 valence electrons. The number of hydrogen-bond donors (Lipinski definition) is 1. The lowest BCUT2D eigenvalue weighted by Gasteiger charge is -2.05. The van der Waals surface area contributed by atoms with Gasteiger partial charge in [-0.2, -0.15) is 12.6 Å². The second-order valence-electron chi connectivity index (χ2n) is 4.57. The zero-order valence-corrected chi connectivity index (χ0v) is 11.8. The van der Waals surface area contributed by atoms with Gasteiger partial charge in [-0.15, -0.1) is 0 Å². The Bertz CT molecular complexity index is 468. The predicted octanol–water partition coefficient (Wildman–Crippen LogP) is 4.78. The minimum Gasteiger partial charge on any atom is -0.179 e. The van der Waals surface area contributed by atoms with Crippen LogP contribution in [0, 0.1) is 0 Å². The summed E-state index contributed by atoms with van der Waals surface area (Å²) in [5.74, 6) is 0.959. The fourth-order valence-electron chi connectivity index (χ4n) is 2.08. The number of thiol groups is 1. The fraction of sp³-hybridized carbons (Fsp3) is 0.294. The fourth-order valence-corrected chi connectivity index (χ4v) is 2.24. The Labute approximate surface area is 115 Å². The van der Waals surface area contributed by atoms with Crippen molar-refractivity contribution in [2.45, 2.75) is 26.2 Å². The van der Waals surface area contributed by atoms with Gasteiger partial charge in [0.15, 0.2) is 0 Å². The molecule has 0 aliphatic carbocycles. The van der Waals surface area contributed by atoms with E-state index < -0.39 is 0 Å². The smallest absolute Gasteiger partial charge is 0.00947 e. The van der Waals surface area contributed by atoms with E-state index in [9.17, 15) is 0 Å². The molecule has 0 bridgehead atoms. The molecular formula is C17H20S. The van der Waals surface area contributed by atoms with E-state index in [1.165, 1.54) is 22.3 Å². The predicted molar refractivity (Wildman–Crippen MR) is 83.4 cm³/mol. The third-order valence-corrected chi connectivity index (χ3v) is 3.59. The van der Waals surface area contributed by atoms with E-state index in [2.05, 4.69) is 68.1 Å². The molecule has 0 fully saturated rings. The van der Waals surface area contributed by atoms with E-state index in [0.29, 0.717) is 0 Å². The molecule has 0 heterocycles. The van der Waals surface area contributed by atoms with Crippen LogP contribution in [-0.2, 0) is 12.8 Å². The average molecular weight is 256 g/mol. The van der Waals surface area contributed by atoms with Crippen molar-refractivity contribution in [3.8, 4) is 11.1 Å². The molecule has 0 aliphatic rings. The Morgan fingerprint density at radius 3 is 1.72 bits per heavy atom. The van der Waals surface area contributed by atoms with Crippen LogP contribution in [0.3, 0.4) is 0 Å². The van der Waals surface area contributed by atoms with Gasteiger partial charge >= 0.3 is 0 Å². The van der Waals surface area contributed by atoms with E-state index in [0.717, 1.165) is 25.0 Å². The van der Waals surface area contributed by atoms with Crippen LogP contribution in [0.25, 0.3) is 11.1 Å². The Hall–Kier alpha value is -1.21. The molecular weight excluding hydrogens is 236 g/mol. The lowest BCUT2D eigenvalue weighted by molar-refractivity contribution is 0.936. The van der Waals surface area contributed by atoms with Gasteiger partial charge < -0.3 is 0 Å². The summed E-state index contributed by atoms with van der Waals surface area (Å²) in [5.41, 5.74) is 5.39. The van der Waals surface area contributed by atoms with Gasteiger partial charge in [-0.1, -0.05) is 55.5 Å². The lowest BCUT2D eigenvalue weighted by Crippen LogP contribution is -1.87. The molecule has 0 aromatic heterocycles. The highest BCUT2D eigenvalue weighted by Gasteiger charge is 1.98. The standard InChI is InChI=1S/C17H20S/c1-2-14-5-9-16(10-6-14)17-11-7-15(8-12-17)4-3-13-18/h5-12,18H,2-4,13H2,1H3. The van der Waals surface area contributed by atoms with Crippen molar-refractivity contribution in [1.29, 1.82) is 0 Å². The quantitative estimate of drug-likeness (QED) is 0.731. The van der Waals surface area contributed by atoms with E-state index >= 15 is 0 Å². The van der Waals surface area contributed by atoms with Gasteiger partial charge in [0.1, 0.15) is 0 Å². The maximum absolute atomic E-state index is 4.25. The zero-order valence-electron chi connectivity index (χ0n) is 10.9. The molecule has 1 heteroatoms. The summed E-state index contributed by atoms with van der Waals surface area (Å²) in [6, 6.07) is 17.7. The lowest BCUT2D eigenvalue weighted by atomic mass is 10.0. The summed E-state index contributed by atoms with van der Waals surface area (Å²) < 4.78 is 0. The molecule has 2 aromatic rings. The maximum Gasteiger partial charge on any atom is -0.00947 e. The molecule has 2 aromatic carbocycles. The topological polar surface area (TPSA) is 0 Å². The maximum atomic E-state index is 4.25. The molecule has 0 unspecified atom stereocenters. The van der Waals surface area contributed by atoms with Crippen molar-refractivity contribution in [3.05, 3.63) is 59.7 Å². The summed E-state index contributed by atoms with van der Waals surface area (Å²) in [6.45, 7) is 2.19. The van der Waals surface area contributed by atoms with Crippen molar-refractivity contribution >= 4 is 12.6 Å². The van der Waals surface area contributed by atoms with Crippen LogP contribution in [0.5, 0.6) is 0 Å². The van der Waals surface area contributed by atoms with Gasteiger partial charge in [-0.25, -0.2) is 0 Å². The second kappa shape index (κ2) is 6.65. The highest BCUT2D eigenvalue weighted by atomic mass is 32.1. The summed E-state index contributed by atoms with van der Waals surface area (Å²) >= 11 is 4.25. The van der Waals surface area contributed by atoms with E-state index in [4.69, 9.17) is 0 Å².